The molecular weight excluding hydrogens is 244 g/mol. The Balaban J connectivity index is 1.94. The summed E-state index contributed by atoms with van der Waals surface area (Å²) in [7, 11) is 0. The second-order valence-corrected chi connectivity index (χ2v) is 4.05. The Morgan fingerprint density at radius 2 is 1.89 bits per heavy atom. The number of phenolic OH excluding ortho intramolecular Hbond substituents is 1. The lowest BCUT2D eigenvalue weighted by molar-refractivity contribution is 0.0690. The summed E-state index contributed by atoms with van der Waals surface area (Å²) in [5.74, 6) is -0.801. The normalized spacial score (nSPS) is 10.3. The summed E-state index contributed by atoms with van der Waals surface area (Å²) in [6, 6.07) is 11.9. The van der Waals surface area contributed by atoms with Gasteiger partial charge in [0.05, 0.1) is 5.69 Å². The minimum atomic E-state index is -1.04. The number of nitrogens with one attached hydrogen (secondary N) is 1. The molecule has 0 aliphatic carbocycles. The summed E-state index contributed by atoms with van der Waals surface area (Å²) in [5.41, 5.74) is 1.47. The number of phenols is 1. The van der Waals surface area contributed by atoms with Crippen molar-refractivity contribution in [2.24, 2.45) is 0 Å². The topological polar surface area (TPSA) is 82.5 Å². The highest BCUT2D eigenvalue weighted by molar-refractivity contribution is 5.85. The number of hydrogen-bond acceptors (Lipinski definition) is 4. The number of benzene rings is 1. The number of para-hydroxylation sites is 1. The van der Waals surface area contributed by atoms with Crippen molar-refractivity contribution in [1.82, 2.24) is 10.3 Å². The van der Waals surface area contributed by atoms with Crippen molar-refractivity contribution in [1.29, 1.82) is 0 Å². The lowest BCUT2D eigenvalue weighted by atomic mass is 10.2. The van der Waals surface area contributed by atoms with Crippen molar-refractivity contribution in [3.63, 3.8) is 0 Å². The van der Waals surface area contributed by atoms with Gasteiger partial charge in [0.1, 0.15) is 11.4 Å². The van der Waals surface area contributed by atoms with Gasteiger partial charge in [-0.15, -0.1) is 0 Å². The van der Waals surface area contributed by atoms with Crippen molar-refractivity contribution in [3.05, 3.63) is 59.4 Å². The van der Waals surface area contributed by atoms with Crippen LogP contribution >= 0.6 is 0 Å². The second-order valence-electron chi connectivity index (χ2n) is 4.05. The molecule has 0 saturated carbocycles. The molecule has 5 heteroatoms. The Kier molecular flexibility index (Phi) is 4.10. The van der Waals surface area contributed by atoms with Crippen LogP contribution in [0.25, 0.3) is 0 Å². The minimum Gasteiger partial charge on any atom is -0.508 e. The molecule has 19 heavy (non-hydrogen) atoms. The van der Waals surface area contributed by atoms with E-state index in [1.54, 1.807) is 24.3 Å². The third-order valence-corrected chi connectivity index (χ3v) is 2.64. The van der Waals surface area contributed by atoms with E-state index >= 15 is 0 Å². The van der Waals surface area contributed by atoms with E-state index in [0.29, 0.717) is 18.8 Å². The largest absolute Gasteiger partial charge is 0.508 e. The number of nitrogens with zero attached hydrogens (tertiary/aromatic N) is 1. The van der Waals surface area contributed by atoms with E-state index in [2.05, 4.69) is 10.3 Å². The van der Waals surface area contributed by atoms with Crippen LogP contribution in [0.2, 0.25) is 0 Å². The first-order chi connectivity index (χ1) is 9.16. The molecule has 0 aliphatic heterocycles. The van der Waals surface area contributed by atoms with Crippen molar-refractivity contribution in [2.45, 2.75) is 13.1 Å². The molecule has 0 bridgehead atoms. The zero-order chi connectivity index (χ0) is 13.7. The van der Waals surface area contributed by atoms with E-state index in [1.807, 2.05) is 12.1 Å². The number of aromatic carboxylic acids is 1. The lowest BCUT2D eigenvalue weighted by Gasteiger charge is -2.06. The average Bonchev–Trinajstić information content (AvgIpc) is 2.41. The maximum absolute atomic E-state index is 10.8. The number of pyridine rings is 1. The van der Waals surface area contributed by atoms with Gasteiger partial charge in [-0.3, -0.25) is 0 Å². The first-order valence-corrected chi connectivity index (χ1v) is 5.83. The monoisotopic (exact) mass is 258 g/mol. The smallest absolute Gasteiger partial charge is 0.354 e. The van der Waals surface area contributed by atoms with Crippen molar-refractivity contribution >= 4 is 5.97 Å². The molecule has 0 radical (unpaired) electrons. The Bertz CT molecular complexity index is 584. The number of aromatic hydroxyl groups is 1. The molecule has 0 saturated heterocycles. The molecule has 0 amide bonds. The first-order valence-electron chi connectivity index (χ1n) is 5.83. The number of aromatic nitrogens is 1. The van der Waals surface area contributed by atoms with Gasteiger partial charge in [0, 0.05) is 18.7 Å². The van der Waals surface area contributed by atoms with Gasteiger partial charge >= 0.3 is 5.97 Å². The standard InChI is InChI=1S/C14H14N2O3/c17-13-7-2-1-4-10(13)8-15-9-11-5-3-6-12(16-11)14(18)19/h1-7,15,17H,8-9H2,(H,18,19). The number of hydrogen-bond donors (Lipinski definition) is 3. The Labute approximate surface area is 110 Å². The Morgan fingerprint density at radius 1 is 1.11 bits per heavy atom. The molecule has 0 atom stereocenters. The fraction of sp³-hybridized carbons (Fsp3) is 0.143. The summed E-state index contributed by atoms with van der Waals surface area (Å²) in [6.45, 7) is 0.932. The number of carboxylic acid groups (broad SMARTS) is 1. The first kappa shape index (κ1) is 13.0. The maximum atomic E-state index is 10.8. The van der Waals surface area contributed by atoms with Gasteiger partial charge in [-0.1, -0.05) is 24.3 Å². The predicted octanol–water partition coefficient (Wildman–Crippen LogP) is 1.78. The molecule has 0 aliphatic rings. The zero-order valence-electron chi connectivity index (χ0n) is 10.2. The third kappa shape index (κ3) is 3.53. The van der Waals surface area contributed by atoms with Crippen LogP contribution in [0.1, 0.15) is 21.7 Å². The lowest BCUT2D eigenvalue weighted by Crippen LogP contribution is -2.14. The molecular formula is C14H14N2O3. The van der Waals surface area contributed by atoms with Gasteiger partial charge in [-0.2, -0.15) is 0 Å². The number of carboxylic acids is 1. The molecule has 0 spiro atoms. The van der Waals surface area contributed by atoms with Gasteiger partial charge < -0.3 is 15.5 Å². The van der Waals surface area contributed by atoms with Crippen molar-refractivity contribution in [3.8, 4) is 5.75 Å². The number of rotatable bonds is 5. The zero-order valence-corrected chi connectivity index (χ0v) is 10.2. The fourth-order valence-electron chi connectivity index (χ4n) is 1.68. The van der Waals surface area contributed by atoms with Gasteiger partial charge in [0.15, 0.2) is 0 Å². The Hall–Kier alpha value is -2.40. The summed E-state index contributed by atoms with van der Waals surface area (Å²) in [6.07, 6.45) is 0. The van der Waals surface area contributed by atoms with Crippen LogP contribution in [-0.2, 0) is 13.1 Å². The van der Waals surface area contributed by atoms with E-state index < -0.39 is 5.97 Å². The minimum absolute atomic E-state index is 0.0295. The van der Waals surface area contributed by atoms with Gasteiger partial charge in [-0.25, -0.2) is 9.78 Å². The van der Waals surface area contributed by atoms with E-state index in [4.69, 9.17) is 5.11 Å². The summed E-state index contributed by atoms with van der Waals surface area (Å²) >= 11 is 0. The molecule has 1 aromatic carbocycles. The number of carbonyl (C=O) groups is 1. The molecule has 5 nitrogen and oxygen atoms in total. The van der Waals surface area contributed by atoms with E-state index in [-0.39, 0.29) is 11.4 Å². The van der Waals surface area contributed by atoms with Gasteiger partial charge in [-0.05, 0) is 18.2 Å². The molecule has 3 N–H and O–H groups in total. The predicted molar refractivity (Wildman–Crippen MR) is 69.8 cm³/mol. The highest BCUT2D eigenvalue weighted by Gasteiger charge is 2.05. The van der Waals surface area contributed by atoms with Crippen LogP contribution in [0.5, 0.6) is 5.75 Å². The van der Waals surface area contributed by atoms with Crippen LogP contribution in [-0.4, -0.2) is 21.2 Å². The van der Waals surface area contributed by atoms with Crippen LogP contribution in [0.15, 0.2) is 42.5 Å². The maximum Gasteiger partial charge on any atom is 0.354 e. The van der Waals surface area contributed by atoms with Crippen molar-refractivity contribution < 1.29 is 15.0 Å². The average molecular weight is 258 g/mol. The molecule has 2 rings (SSSR count). The molecule has 98 valence electrons. The highest BCUT2D eigenvalue weighted by atomic mass is 16.4. The van der Waals surface area contributed by atoms with Gasteiger partial charge in [0.2, 0.25) is 0 Å². The molecule has 0 unspecified atom stereocenters. The Morgan fingerprint density at radius 3 is 2.63 bits per heavy atom. The van der Waals surface area contributed by atoms with Crippen LogP contribution in [0.4, 0.5) is 0 Å². The van der Waals surface area contributed by atoms with Crippen LogP contribution < -0.4 is 5.32 Å². The molecule has 1 aromatic heterocycles. The van der Waals surface area contributed by atoms with Crippen molar-refractivity contribution in [2.75, 3.05) is 0 Å². The van der Waals surface area contributed by atoms with Gasteiger partial charge in [0.25, 0.3) is 0 Å². The quantitative estimate of drug-likeness (QED) is 0.761. The van der Waals surface area contributed by atoms with Crippen LogP contribution in [0.3, 0.4) is 0 Å². The molecule has 2 aromatic rings. The van der Waals surface area contributed by atoms with E-state index in [9.17, 15) is 9.90 Å². The molecule has 1 heterocycles. The van der Waals surface area contributed by atoms with Crippen LogP contribution in [0, 0.1) is 0 Å². The van der Waals surface area contributed by atoms with E-state index in [1.165, 1.54) is 6.07 Å². The summed E-state index contributed by atoms with van der Waals surface area (Å²) < 4.78 is 0. The third-order valence-electron chi connectivity index (χ3n) is 2.64. The highest BCUT2D eigenvalue weighted by Crippen LogP contribution is 2.14. The summed E-state index contributed by atoms with van der Waals surface area (Å²) in [5, 5.41) is 21.5. The second kappa shape index (κ2) is 5.97. The SMILES string of the molecule is O=C(O)c1cccc(CNCc2ccccc2O)n1. The molecule has 0 fully saturated rings. The summed E-state index contributed by atoms with van der Waals surface area (Å²) in [4.78, 5) is 14.8. The fourth-order valence-corrected chi connectivity index (χ4v) is 1.68. The van der Waals surface area contributed by atoms with E-state index in [0.717, 1.165) is 5.56 Å².